The number of nitrogen functional groups attached to an aromatic ring is 1. The topological polar surface area (TPSA) is 80.5 Å². The van der Waals surface area contributed by atoms with Gasteiger partial charge in [-0.2, -0.15) is 5.26 Å². The number of aryl methyl sites for hydroxylation is 2. The molecular weight excluding hydrogens is 202 g/mol. The van der Waals surface area contributed by atoms with E-state index in [1.54, 1.807) is 0 Å². The molecule has 2 rings (SSSR count). The second kappa shape index (κ2) is 4.45. The molecule has 5 nitrogen and oxygen atoms in total. The average Bonchev–Trinajstić information content (AvgIpc) is 2.68. The molecule has 0 aliphatic rings. The van der Waals surface area contributed by atoms with Crippen molar-refractivity contribution in [2.45, 2.75) is 13.0 Å². The Morgan fingerprint density at radius 3 is 2.75 bits per heavy atom. The summed E-state index contributed by atoms with van der Waals surface area (Å²) in [7, 11) is 0. The summed E-state index contributed by atoms with van der Waals surface area (Å²) in [5, 5.41) is 16.3. The Hall–Kier alpha value is -2.35. The van der Waals surface area contributed by atoms with Crippen LogP contribution < -0.4 is 5.73 Å². The highest BCUT2D eigenvalue weighted by atomic mass is 15.4. The van der Waals surface area contributed by atoms with E-state index in [0.29, 0.717) is 12.2 Å². The largest absolute Gasteiger partial charge is 0.380 e. The zero-order valence-corrected chi connectivity index (χ0v) is 8.67. The number of aromatic nitrogens is 3. The van der Waals surface area contributed by atoms with Crippen molar-refractivity contribution >= 4 is 5.82 Å². The Morgan fingerprint density at radius 1 is 1.31 bits per heavy atom. The molecule has 1 aromatic carbocycles. The Kier molecular flexibility index (Phi) is 2.83. The SMILES string of the molecule is N#Cc1c(N)nnn1CCc1ccccc1. The molecule has 0 unspecified atom stereocenters. The Labute approximate surface area is 93.1 Å². The zero-order valence-electron chi connectivity index (χ0n) is 8.67. The van der Waals surface area contributed by atoms with E-state index in [1.165, 1.54) is 10.2 Å². The van der Waals surface area contributed by atoms with Gasteiger partial charge in [0.1, 0.15) is 6.07 Å². The van der Waals surface area contributed by atoms with Crippen molar-refractivity contribution in [2.75, 3.05) is 5.73 Å². The number of hydrogen-bond donors (Lipinski definition) is 1. The first-order valence-corrected chi connectivity index (χ1v) is 4.94. The molecule has 0 bridgehead atoms. The number of rotatable bonds is 3. The molecule has 0 amide bonds. The van der Waals surface area contributed by atoms with Crippen LogP contribution in [0.3, 0.4) is 0 Å². The van der Waals surface area contributed by atoms with Crippen molar-refractivity contribution in [3.8, 4) is 6.07 Å². The van der Waals surface area contributed by atoms with Gasteiger partial charge in [0.25, 0.3) is 0 Å². The van der Waals surface area contributed by atoms with Crippen molar-refractivity contribution < 1.29 is 0 Å². The van der Waals surface area contributed by atoms with Gasteiger partial charge in [-0.25, -0.2) is 4.68 Å². The van der Waals surface area contributed by atoms with Crippen LogP contribution in [0.5, 0.6) is 0 Å². The summed E-state index contributed by atoms with van der Waals surface area (Å²) in [4.78, 5) is 0. The van der Waals surface area contributed by atoms with Gasteiger partial charge in [0.05, 0.1) is 0 Å². The lowest BCUT2D eigenvalue weighted by Gasteiger charge is -2.01. The number of nitrogens with two attached hydrogens (primary N) is 1. The van der Waals surface area contributed by atoms with E-state index in [4.69, 9.17) is 11.0 Å². The predicted octanol–water partition coefficient (Wildman–Crippen LogP) is 0.975. The minimum Gasteiger partial charge on any atom is -0.380 e. The highest BCUT2D eigenvalue weighted by molar-refractivity contribution is 5.42. The highest BCUT2D eigenvalue weighted by Gasteiger charge is 2.08. The second-order valence-electron chi connectivity index (χ2n) is 3.39. The first-order chi connectivity index (χ1) is 7.81. The number of anilines is 1. The first-order valence-electron chi connectivity index (χ1n) is 4.94. The molecule has 0 aliphatic heterocycles. The van der Waals surface area contributed by atoms with Crippen LogP contribution in [0.1, 0.15) is 11.3 Å². The Morgan fingerprint density at radius 2 is 2.06 bits per heavy atom. The second-order valence-corrected chi connectivity index (χ2v) is 3.39. The molecule has 0 fully saturated rings. The molecule has 1 heterocycles. The van der Waals surface area contributed by atoms with Gasteiger partial charge in [-0.05, 0) is 12.0 Å². The summed E-state index contributed by atoms with van der Waals surface area (Å²) < 4.78 is 1.53. The summed E-state index contributed by atoms with van der Waals surface area (Å²) in [5.74, 6) is 0.190. The zero-order chi connectivity index (χ0) is 11.4. The van der Waals surface area contributed by atoms with E-state index in [-0.39, 0.29) is 5.82 Å². The van der Waals surface area contributed by atoms with Crippen LogP contribution in [0.4, 0.5) is 5.82 Å². The van der Waals surface area contributed by atoms with Crippen molar-refractivity contribution in [3.63, 3.8) is 0 Å². The quantitative estimate of drug-likeness (QED) is 0.823. The van der Waals surface area contributed by atoms with Crippen molar-refractivity contribution in [1.29, 1.82) is 5.26 Å². The van der Waals surface area contributed by atoms with Crippen molar-refractivity contribution in [3.05, 3.63) is 41.6 Å². The number of nitriles is 1. The van der Waals surface area contributed by atoms with Gasteiger partial charge in [0, 0.05) is 6.54 Å². The van der Waals surface area contributed by atoms with E-state index in [2.05, 4.69) is 10.3 Å². The summed E-state index contributed by atoms with van der Waals surface area (Å²) in [6.07, 6.45) is 0.804. The molecule has 0 saturated heterocycles. The van der Waals surface area contributed by atoms with Crippen LogP contribution in [0.2, 0.25) is 0 Å². The van der Waals surface area contributed by atoms with E-state index in [9.17, 15) is 0 Å². The van der Waals surface area contributed by atoms with Crippen LogP contribution in [0, 0.1) is 11.3 Å². The lowest BCUT2D eigenvalue weighted by molar-refractivity contribution is 0.583. The fraction of sp³-hybridized carbons (Fsp3) is 0.182. The maximum absolute atomic E-state index is 8.85. The normalized spacial score (nSPS) is 9.94. The third-order valence-corrected chi connectivity index (χ3v) is 2.32. The smallest absolute Gasteiger partial charge is 0.184 e. The molecule has 2 aromatic rings. The Bertz CT molecular complexity index is 509. The molecule has 0 saturated carbocycles. The van der Waals surface area contributed by atoms with Crippen LogP contribution in [0.15, 0.2) is 30.3 Å². The minimum absolute atomic E-state index is 0.190. The molecule has 0 radical (unpaired) electrons. The molecule has 80 valence electrons. The fourth-order valence-corrected chi connectivity index (χ4v) is 1.48. The standard InChI is InChI=1S/C11H11N5/c12-8-10-11(13)14-15-16(10)7-6-9-4-2-1-3-5-9/h1-5H,6-7,13H2. The van der Waals surface area contributed by atoms with Gasteiger partial charge in [-0.15, -0.1) is 5.10 Å². The van der Waals surface area contributed by atoms with E-state index < -0.39 is 0 Å². The van der Waals surface area contributed by atoms with Gasteiger partial charge in [-0.1, -0.05) is 35.5 Å². The summed E-state index contributed by atoms with van der Waals surface area (Å²) in [6.45, 7) is 0.608. The maximum atomic E-state index is 8.85. The molecule has 2 N–H and O–H groups in total. The molecule has 0 spiro atoms. The molecule has 0 aliphatic carbocycles. The number of hydrogen-bond acceptors (Lipinski definition) is 4. The fourth-order valence-electron chi connectivity index (χ4n) is 1.48. The molecular formula is C11H11N5. The van der Waals surface area contributed by atoms with Crippen LogP contribution in [-0.4, -0.2) is 15.0 Å². The monoisotopic (exact) mass is 213 g/mol. The lowest BCUT2D eigenvalue weighted by Crippen LogP contribution is -2.06. The highest BCUT2D eigenvalue weighted by Crippen LogP contribution is 2.07. The van der Waals surface area contributed by atoms with Gasteiger partial charge in [0.2, 0.25) is 0 Å². The van der Waals surface area contributed by atoms with Crippen LogP contribution in [0.25, 0.3) is 0 Å². The summed E-state index contributed by atoms with van der Waals surface area (Å²) >= 11 is 0. The van der Waals surface area contributed by atoms with Gasteiger partial charge in [0.15, 0.2) is 11.5 Å². The maximum Gasteiger partial charge on any atom is 0.184 e. The molecule has 0 atom stereocenters. The minimum atomic E-state index is 0.190. The van der Waals surface area contributed by atoms with E-state index in [1.807, 2.05) is 36.4 Å². The van der Waals surface area contributed by atoms with E-state index in [0.717, 1.165) is 6.42 Å². The van der Waals surface area contributed by atoms with Gasteiger partial charge < -0.3 is 5.73 Å². The average molecular weight is 213 g/mol. The van der Waals surface area contributed by atoms with Crippen molar-refractivity contribution in [1.82, 2.24) is 15.0 Å². The van der Waals surface area contributed by atoms with Crippen LogP contribution in [-0.2, 0) is 13.0 Å². The van der Waals surface area contributed by atoms with E-state index >= 15 is 0 Å². The van der Waals surface area contributed by atoms with Crippen molar-refractivity contribution in [2.24, 2.45) is 0 Å². The van der Waals surface area contributed by atoms with Gasteiger partial charge >= 0.3 is 0 Å². The number of benzene rings is 1. The summed E-state index contributed by atoms with van der Waals surface area (Å²) in [6, 6.07) is 12.0. The number of nitrogens with zero attached hydrogens (tertiary/aromatic N) is 4. The lowest BCUT2D eigenvalue weighted by atomic mass is 10.1. The third-order valence-electron chi connectivity index (χ3n) is 2.32. The summed E-state index contributed by atoms with van der Waals surface area (Å²) in [5.41, 5.74) is 7.03. The third kappa shape index (κ3) is 2.01. The molecule has 16 heavy (non-hydrogen) atoms. The first kappa shape index (κ1) is 10.2. The van der Waals surface area contributed by atoms with Crippen LogP contribution >= 0.6 is 0 Å². The van der Waals surface area contributed by atoms with Gasteiger partial charge in [-0.3, -0.25) is 0 Å². The predicted molar refractivity (Wildman–Crippen MR) is 59.3 cm³/mol. The Balaban J connectivity index is 2.09. The molecule has 1 aromatic heterocycles. The molecule has 5 heteroatoms.